The van der Waals surface area contributed by atoms with Crippen molar-refractivity contribution in [2.75, 3.05) is 19.6 Å². The molecule has 1 amide bonds. The van der Waals surface area contributed by atoms with Gasteiger partial charge in [-0.2, -0.15) is 5.26 Å². The van der Waals surface area contributed by atoms with E-state index in [0.29, 0.717) is 6.54 Å². The number of fused-ring (bicyclic) bond motifs is 2. The summed E-state index contributed by atoms with van der Waals surface area (Å²) in [5, 5.41) is 11.1. The van der Waals surface area contributed by atoms with Crippen LogP contribution in [0.3, 0.4) is 0 Å². The van der Waals surface area contributed by atoms with E-state index < -0.39 is 0 Å². The largest absolute Gasteiger partial charge is 0.361 e. The number of amides is 1. The lowest BCUT2D eigenvalue weighted by molar-refractivity contribution is -0.134. The molecule has 0 unspecified atom stereocenters. The Morgan fingerprint density at radius 3 is 2.72 bits per heavy atom. The molecule has 1 aliphatic heterocycles. The first-order valence-electron chi connectivity index (χ1n) is 10.9. The Labute approximate surface area is 173 Å². The number of hydrogen-bond donors (Lipinski definition) is 1. The molecular weight excluding hydrogens is 360 g/mol. The molecule has 0 radical (unpaired) electrons. The topological polar surface area (TPSA) is 63.1 Å². The number of carbonyl (C=O) groups is 1. The standard InChI is InChI=1S/C24H30N4O/c1-3-5-10-27(11-6-4-2)24(29)18-12-20-19-8-7-9-21-23(19)17(14-26-21)13-22(20)28(15-18)16-25/h7-9,12,14,18,22,26H,3-6,10-11,13,15H2,1-2H3/t18-,22-/m1/s1. The van der Waals surface area contributed by atoms with Gasteiger partial charge in [0.05, 0.1) is 12.0 Å². The molecule has 5 heteroatoms. The summed E-state index contributed by atoms with van der Waals surface area (Å²) in [6.07, 6.45) is 11.6. The second-order valence-corrected chi connectivity index (χ2v) is 8.28. The van der Waals surface area contributed by atoms with E-state index in [-0.39, 0.29) is 17.9 Å². The highest BCUT2D eigenvalue weighted by atomic mass is 16.2. The third-order valence-corrected chi connectivity index (χ3v) is 6.34. The maximum atomic E-state index is 13.4. The molecule has 2 atom stereocenters. The average Bonchev–Trinajstić information content (AvgIpc) is 3.17. The average molecular weight is 391 g/mol. The minimum Gasteiger partial charge on any atom is -0.361 e. The first-order valence-corrected chi connectivity index (χ1v) is 10.9. The lowest BCUT2D eigenvalue weighted by Gasteiger charge is -2.39. The van der Waals surface area contributed by atoms with E-state index >= 15 is 0 Å². The van der Waals surface area contributed by atoms with Crippen LogP contribution in [0.4, 0.5) is 0 Å². The fraction of sp³-hybridized carbons (Fsp3) is 0.500. The summed E-state index contributed by atoms with van der Waals surface area (Å²) < 4.78 is 0. The van der Waals surface area contributed by atoms with Crippen LogP contribution in [-0.2, 0) is 11.2 Å². The zero-order valence-electron chi connectivity index (χ0n) is 17.4. The molecule has 0 saturated heterocycles. The Morgan fingerprint density at radius 1 is 1.28 bits per heavy atom. The van der Waals surface area contributed by atoms with Crippen molar-refractivity contribution in [2.24, 2.45) is 5.92 Å². The zero-order valence-corrected chi connectivity index (χ0v) is 17.4. The highest BCUT2D eigenvalue weighted by molar-refractivity contribution is 5.99. The zero-order chi connectivity index (χ0) is 20.4. The van der Waals surface area contributed by atoms with Gasteiger partial charge in [-0.1, -0.05) is 44.9 Å². The normalized spacial score (nSPS) is 20.2. The molecule has 1 aliphatic carbocycles. The van der Waals surface area contributed by atoms with Crippen molar-refractivity contribution in [1.82, 2.24) is 14.8 Å². The molecule has 1 aromatic carbocycles. The number of hydrogen-bond acceptors (Lipinski definition) is 3. The first kappa shape index (κ1) is 19.6. The third kappa shape index (κ3) is 3.53. The fourth-order valence-electron chi connectivity index (χ4n) is 4.77. The molecule has 2 aliphatic rings. The molecule has 0 saturated carbocycles. The maximum absolute atomic E-state index is 13.4. The van der Waals surface area contributed by atoms with Crippen LogP contribution >= 0.6 is 0 Å². The molecule has 0 bridgehead atoms. The third-order valence-electron chi connectivity index (χ3n) is 6.34. The number of aromatic nitrogens is 1. The van der Waals surface area contributed by atoms with Gasteiger partial charge >= 0.3 is 0 Å². The van der Waals surface area contributed by atoms with Gasteiger partial charge in [0.2, 0.25) is 5.91 Å². The fourth-order valence-corrected chi connectivity index (χ4v) is 4.77. The first-order chi connectivity index (χ1) is 14.2. The van der Waals surface area contributed by atoms with Crippen LogP contribution in [0, 0.1) is 17.4 Å². The summed E-state index contributed by atoms with van der Waals surface area (Å²) in [6, 6.07) is 6.30. The molecule has 152 valence electrons. The van der Waals surface area contributed by atoms with Crippen molar-refractivity contribution in [2.45, 2.75) is 52.0 Å². The molecule has 0 spiro atoms. The van der Waals surface area contributed by atoms with E-state index in [1.165, 1.54) is 16.5 Å². The van der Waals surface area contributed by atoms with Gasteiger partial charge in [-0.3, -0.25) is 4.79 Å². The summed E-state index contributed by atoms with van der Waals surface area (Å²) in [6.45, 7) is 6.41. The molecular formula is C24H30N4O. The van der Waals surface area contributed by atoms with Crippen molar-refractivity contribution in [1.29, 1.82) is 5.26 Å². The minimum atomic E-state index is -0.259. The quantitative estimate of drug-likeness (QED) is 0.716. The van der Waals surface area contributed by atoms with Crippen LogP contribution in [-0.4, -0.2) is 46.4 Å². The molecule has 1 N–H and O–H groups in total. The highest BCUT2D eigenvalue weighted by Crippen LogP contribution is 2.41. The Bertz CT molecular complexity index is 959. The summed E-state index contributed by atoms with van der Waals surface area (Å²) in [5.74, 6) is -0.0875. The summed E-state index contributed by atoms with van der Waals surface area (Å²) in [7, 11) is 0. The number of benzene rings is 1. The van der Waals surface area contributed by atoms with Crippen molar-refractivity contribution >= 4 is 22.4 Å². The smallest absolute Gasteiger partial charge is 0.231 e. The van der Waals surface area contributed by atoms with Crippen LogP contribution in [0.15, 0.2) is 30.5 Å². The number of nitrogens with zero attached hydrogens (tertiary/aromatic N) is 3. The molecule has 29 heavy (non-hydrogen) atoms. The maximum Gasteiger partial charge on any atom is 0.231 e. The Balaban J connectivity index is 1.70. The Morgan fingerprint density at radius 2 is 2.03 bits per heavy atom. The summed E-state index contributed by atoms with van der Waals surface area (Å²) >= 11 is 0. The molecule has 2 heterocycles. The van der Waals surface area contributed by atoms with Gasteiger partial charge in [-0.25, -0.2) is 0 Å². The van der Waals surface area contributed by atoms with Gasteiger partial charge in [-0.15, -0.1) is 0 Å². The number of nitriles is 1. The van der Waals surface area contributed by atoms with E-state index in [0.717, 1.165) is 56.3 Å². The Kier molecular flexibility index (Phi) is 5.62. The number of H-pyrrole nitrogens is 1. The lowest BCUT2D eigenvalue weighted by atomic mass is 9.79. The second-order valence-electron chi connectivity index (χ2n) is 8.28. The van der Waals surface area contributed by atoms with Gasteiger partial charge in [-0.05, 0) is 42.0 Å². The molecule has 5 nitrogen and oxygen atoms in total. The minimum absolute atomic E-state index is 0.0256. The van der Waals surface area contributed by atoms with E-state index in [2.05, 4.69) is 55.5 Å². The summed E-state index contributed by atoms with van der Waals surface area (Å²) in [5.41, 5.74) is 4.69. The second kappa shape index (κ2) is 8.32. The van der Waals surface area contributed by atoms with Gasteiger partial charge in [0, 0.05) is 36.7 Å². The van der Waals surface area contributed by atoms with Crippen LogP contribution in [0.1, 0.15) is 50.7 Å². The predicted octanol–water partition coefficient (Wildman–Crippen LogP) is 4.32. The number of nitrogens with one attached hydrogen (secondary N) is 1. The monoisotopic (exact) mass is 390 g/mol. The van der Waals surface area contributed by atoms with E-state index in [9.17, 15) is 10.1 Å². The van der Waals surface area contributed by atoms with Gasteiger partial charge in [0.25, 0.3) is 0 Å². The van der Waals surface area contributed by atoms with Crippen molar-refractivity contribution in [3.8, 4) is 6.19 Å². The molecule has 1 aromatic heterocycles. The van der Waals surface area contributed by atoms with Gasteiger partial charge < -0.3 is 14.8 Å². The van der Waals surface area contributed by atoms with Gasteiger partial charge in [0.1, 0.15) is 0 Å². The van der Waals surface area contributed by atoms with E-state index in [1.807, 2.05) is 9.80 Å². The highest BCUT2D eigenvalue weighted by Gasteiger charge is 2.38. The van der Waals surface area contributed by atoms with E-state index in [4.69, 9.17) is 0 Å². The lowest BCUT2D eigenvalue weighted by Crippen LogP contribution is -2.47. The van der Waals surface area contributed by atoms with Crippen LogP contribution in [0.25, 0.3) is 16.5 Å². The molecule has 0 fully saturated rings. The number of unbranched alkanes of at least 4 members (excludes halogenated alkanes) is 2. The van der Waals surface area contributed by atoms with Crippen molar-refractivity contribution < 1.29 is 4.79 Å². The van der Waals surface area contributed by atoms with Crippen LogP contribution < -0.4 is 0 Å². The molecule has 2 aromatic rings. The molecule has 4 rings (SSSR count). The van der Waals surface area contributed by atoms with Crippen LogP contribution in [0.2, 0.25) is 0 Å². The van der Waals surface area contributed by atoms with E-state index in [1.54, 1.807) is 0 Å². The summed E-state index contributed by atoms with van der Waals surface area (Å²) in [4.78, 5) is 20.6. The van der Waals surface area contributed by atoms with Crippen LogP contribution in [0.5, 0.6) is 0 Å². The predicted molar refractivity (Wildman–Crippen MR) is 116 cm³/mol. The SMILES string of the molecule is CCCCN(CCCC)C(=O)[C@@H]1C=C2c3cccc4[nH]cc(c34)C[C@H]2N(C#N)C1. The number of rotatable bonds is 7. The number of aromatic amines is 1. The van der Waals surface area contributed by atoms with Gasteiger partial charge in [0.15, 0.2) is 6.19 Å². The van der Waals surface area contributed by atoms with Crippen molar-refractivity contribution in [3.05, 3.63) is 41.6 Å². The Hall–Kier alpha value is -2.74. The number of carbonyl (C=O) groups excluding carboxylic acids is 1. The van der Waals surface area contributed by atoms with Crippen molar-refractivity contribution in [3.63, 3.8) is 0 Å².